The summed E-state index contributed by atoms with van der Waals surface area (Å²) >= 11 is 0. The van der Waals surface area contributed by atoms with Crippen LogP contribution in [-0.2, 0) is 26.1 Å². The maximum atomic E-state index is 13.4. The number of nitro benzene ring substituents is 1. The van der Waals surface area contributed by atoms with Gasteiger partial charge in [0.15, 0.2) is 0 Å². The second kappa shape index (κ2) is 11.6. The summed E-state index contributed by atoms with van der Waals surface area (Å²) in [7, 11) is -2.54. The number of rotatable bonds is 9. The molecule has 1 aliphatic rings. The molecule has 2 heterocycles. The second-order valence-electron chi connectivity index (χ2n) is 9.51. The molecule has 4 rings (SSSR count). The van der Waals surface area contributed by atoms with Gasteiger partial charge >= 0.3 is 5.97 Å². The Hall–Kier alpha value is -3.68. The highest BCUT2D eigenvalue weighted by Gasteiger charge is 2.36. The van der Waals surface area contributed by atoms with Gasteiger partial charge in [-0.1, -0.05) is 12.1 Å². The van der Waals surface area contributed by atoms with Crippen molar-refractivity contribution in [2.24, 2.45) is 0 Å². The van der Waals surface area contributed by atoms with Crippen LogP contribution in [0.5, 0.6) is 0 Å². The van der Waals surface area contributed by atoms with Crippen LogP contribution in [0, 0.1) is 10.1 Å². The number of methoxy groups -OCH3 is 1. The molecule has 1 aliphatic heterocycles. The van der Waals surface area contributed by atoms with Gasteiger partial charge in [-0.05, 0) is 44.5 Å². The molecule has 2 unspecified atom stereocenters. The molecule has 0 aliphatic carbocycles. The third kappa shape index (κ3) is 5.84. The Morgan fingerprint density at radius 1 is 1.18 bits per heavy atom. The number of nitrogens with zero attached hydrogens (tertiary/aromatic N) is 5. The molecule has 12 nitrogen and oxygen atoms in total. The molecule has 2 aromatic carbocycles. The maximum Gasteiger partial charge on any atom is 0.305 e. The minimum Gasteiger partial charge on any atom is -0.469 e. The fourth-order valence-electron chi connectivity index (χ4n) is 4.92. The number of ether oxygens (including phenoxy) is 1. The van der Waals surface area contributed by atoms with Gasteiger partial charge in [-0.15, -0.1) is 0 Å². The van der Waals surface area contributed by atoms with E-state index in [0.717, 1.165) is 0 Å². The van der Waals surface area contributed by atoms with Crippen LogP contribution >= 0.6 is 0 Å². The van der Waals surface area contributed by atoms with Crippen LogP contribution in [0.3, 0.4) is 0 Å². The number of non-ortho nitro benzene ring substituents is 1. The van der Waals surface area contributed by atoms with E-state index in [1.54, 1.807) is 29.7 Å². The molecule has 1 fully saturated rings. The number of esters is 1. The van der Waals surface area contributed by atoms with Crippen molar-refractivity contribution in [1.82, 2.24) is 18.8 Å². The van der Waals surface area contributed by atoms with Crippen LogP contribution in [0.4, 0.5) is 5.69 Å². The van der Waals surface area contributed by atoms with E-state index in [1.807, 2.05) is 13.0 Å². The van der Waals surface area contributed by atoms with Gasteiger partial charge in [-0.3, -0.25) is 29.2 Å². The Morgan fingerprint density at radius 3 is 2.51 bits per heavy atom. The first-order chi connectivity index (χ1) is 18.5. The first kappa shape index (κ1) is 28.3. The molecule has 0 radical (unpaired) electrons. The summed E-state index contributed by atoms with van der Waals surface area (Å²) < 4.78 is 34.3. The lowest BCUT2D eigenvalue weighted by atomic mass is 10.1. The molecule has 0 amide bonds. The minimum atomic E-state index is -3.86. The zero-order valence-electron chi connectivity index (χ0n) is 22.0. The third-order valence-corrected chi connectivity index (χ3v) is 9.08. The Morgan fingerprint density at radius 2 is 1.87 bits per heavy atom. The molecule has 0 N–H and O–H groups in total. The third-order valence-electron chi connectivity index (χ3n) is 7.05. The maximum absolute atomic E-state index is 13.4. The number of hydrogen-bond donors (Lipinski definition) is 0. The highest BCUT2D eigenvalue weighted by molar-refractivity contribution is 7.89. The summed E-state index contributed by atoms with van der Waals surface area (Å²) in [6.45, 7) is 5.00. The molecular formula is C26H31N5O7S. The van der Waals surface area contributed by atoms with Crippen LogP contribution in [-0.4, -0.2) is 70.9 Å². The SMILES string of the molecule is COC(=O)CCCn1c(C(C)N2CCN(S(=O)(=O)c3ccc([N+](=O)[O-])cc3)C(C)C2)nc2ccccc2c1=O. The number of carbonyl (C=O) groups excluding carboxylic acids is 1. The average molecular weight is 558 g/mol. The average Bonchev–Trinajstić information content (AvgIpc) is 2.93. The topological polar surface area (TPSA) is 145 Å². The molecule has 2 atom stereocenters. The number of aromatic nitrogens is 2. The summed E-state index contributed by atoms with van der Waals surface area (Å²) in [5.74, 6) is 0.188. The van der Waals surface area contributed by atoms with Crippen molar-refractivity contribution >= 4 is 32.6 Å². The molecule has 1 saturated heterocycles. The van der Waals surface area contributed by atoms with Crippen molar-refractivity contribution in [2.45, 2.75) is 50.2 Å². The lowest BCUT2D eigenvalue weighted by molar-refractivity contribution is -0.384. The fourth-order valence-corrected chi connectivity index (χ4v) is 6.53. The molecule has 0 bridgehead atoms. The van der Waals surface area contributed by atoms with Crippen molar-refractivity contribution in [1.29, 1.82) is 0 Å². The van der Waals surface area contributed by atoms with Gasteiger partial charge in [0.2, 0.25) is 10.0 Å². The molecule has 3 aromatic rings. The van der Waals surface area contributed by atoms with E-state index >= 15 is 0 Å². The first-order valence-electron chi connectivity index (χ1n) is 12.6. The number of nitro groups is 1. The normalized spacial score (nSPS) is 17.7. The van der Waals surface area contributed by atoms with Gasteiger partial charge in [0.25, 0.3) is 11.2 Å². The van der Waals surface area contributed by atoms with Gasteiger partial charge in [-0.2, -0.15) is 4.31 Å². The van der Waals surface area contributed by atoms with Gasteiger partial charge in [0, 0.05) is 50.8 Å². The highest BCUT2D eigenvalue weighted by atomic mass is 32.2. The van der Waals surface area contributed by atoms with Crippen LogP contribution in [0.15, 0.2) is 58.2 Å². The van der Waals surface area contributed by atoms with E-state index in [0.29, 0.717) is 36.2 Å². The number of carbonyl (C=O) groups is 1. The summed E-state index contributed by atoms with van der Waals surface area (Å²) in [5, 5.41) is 11.4. The Bertz CT molecular complexity index is 1540. The van der Waals surface area contributed by atoms with Crippen molar-refractivity contribution in [3.63, 3.8) is 0 Å². The monoisotopic (exact) mass is 557 g/mol. The summed E-state index contributed by atoms with van der Waals surface area (Å²) in [6.07, 6.45) is 0.573. The van der Waals surface area contributed by atoms with Crippen LogP contribution in [0.1, 0.15) is 38.6 Å². The number of para-hydroxylation sites is 1. The number of piperazine rings is 1. The zero-order chi connectivity index (χ0) is 28.3. The van der Waals surface area contributed by atoms with Gasteiger partial charge in [0.1, 0.15) is 5.82 Å². The van der Waals surface area contributed by atoms with Crippen molar-refractivity contribution in [3.05, 3.63) is 74.8 Å². The quantitative estimate of drug-likeness (QED) is 0.220. The molecule has 39 heavy (non-hydrogen) atoms. The summed E-state index contributed by atoms with van der Waals surface area (Å²) in [4.78, 5) is 42.3. The van der Waals surface area contributed by atoms with E-state index in [1.165, 1.54) is 35.7 Å². The lowest BCUT2D eigenvalue weighted by Gasteiger charge is -2.41. The highest BCUT2D eigenvalue weighted by Crippen LogP contribution is 2.28. The van der Waals surface area contributed by atoms with E-state index < -0.39 is 21.0 Å². The van der Waals surface area contributed by atoms with Crippen LogP contribution < -0.4 is 5.56 Å². The number of sulfonamides is 1. The van der Waals surface area contributed by atoms with Gasteiger partial charge in [0.05, 0.1) is 33.9 Å². The second-order valence-corrected chi connectivity index (χ2v) is 11.4. The number of hydrogen-bond acceptors (Lipinski definition) is 9. The van der Waals surface area contributed by atoms with E-state index in [-0.39, 0.29) is 47.7 Å². The molecule has 0 saturated carbocycles. The Labute approximate surface area is 226 Å². The van der Waals surface area contributed by atoms with Crippen LogP contribution in [0.25, 0.3) is 10.9 Å². The molecule has 13 heteroatoms. The Kier molecular flexibility index (Phi) is 8.42. The van der Waals surface area contributed by atoms with E-state index in [2.05, 4.69) is 4.90 Å². The number of benzene rings is 2. The van der Waals surface area contributed by atoms with Crippen molar-refractivity contribution in [3.8, 4) is 0 Å². The lowest BCUT2D eigenvalue weighted by Crippen LogP contribution is -2.54. The first-order valence-corrected chi connectivity index (χ1v) is 14.0. The van der Waals surface area contributed by atoms with Crippen molar-refractivity contribution in [2.75, 3.05) is 26.7 Å². The molecule has 0 spiro atoms. The predicted octanol–water partition coefficient (Wildman–Crippen LogP) is 2.71. The summed E-state index contributed by atoms with van der Waals surface area (Å²) in [6, 6.07) is 11.2. The summed E-state index contributed by atoms with van der Waals surface area (Å²) in [5.41, 5.74) is 0.196. The largest absolute Gasteiger partial charge is 0.469 e. The molecule has 1 aromatic heterocycles. The van der Waals surface area contributed by atoms with Gasteiger partial charge < -0.3 is 4.74 Å². The van der Waals surface area contributed by atoms with Crippen LogP contribution in [0.2, 0.25) is 0 Å². The van der Waals surface area contributed by atoms with Crippen molar-refractivity contribution < 1.29 is 22.9 Å². The fraction of sp³-hybridized carbons (Fsp3) is 0.423. The van der Waals surface area contributed by atoms with E-state index in [9.17, 15) is 28.1 Å². The smallest absolute Gasteiger partial charge is 0.305 e. The number of fused-ring (bicyclic) bond motifs is 1. The Balaban J connectivity index is 1.58. The molecule has 208 valence electrons. The van der Waals surface area contributed by atoms with E-state index in [4.69, 9.17) is 9.72 Å². The zero-order valence-corrected chi connectivity index (χ0v) is 22.8. The standard InChI is InChI=1S/C26H31N5O7S/c1-18-17-28(15-16-30(18)39(36,37)21-12-10-20(11-13-21)31(34)35)19(2)25-27-23-8-5-4-7-22(23)26(33)29(25)14-6-9-24(32)38-3/h4-5,7-8,10-13,18-19H,6,9,14-17H2,1-3H3. The minimum absolute atomic E-state index is 0.00270. The molecular weight excluding hydrogens is 526 g/mol. The predicted molar refractivity (Wildman–Crippen MR) is 144 cm³/mol. The van der Waals surface area contributed by atoms with Gasteiger partial charge in [-0.25, -0.2) is 13.4 Å².